The lowest BCUT2D eigenvalue weighted by Crippen LogP contribution is -2.46. The van der Waals surface area contributed by atoms with Crippen LogP contribution in [0, 0.1) is 0 Å². The molecule has 7 nitrogen and oxygen atoms in total. The largest absolute Gasteiger partial charge is 0.490 e. The summed E-state index contributed by atoms with van der Waals surface area (Å²) in [7, 11) is 0. The minimum Gasteiger partial charge on any atom is -0.490 e. The fraction of sp³-hybridized carbons (Fsp3) is 0.594. The van der Waals surface area contributed by atoms with Gasteiger partial charge in [0.25, 0.3) is 0 Å². The number of carbonyl (C=O) groups excluding carboxylic acids is 1. The average Bonchev–Trinajstić information content (AvgIpc) is 2.95. The SMILES string of the molecule is CCOc1ccc(C[C@H]2c3cc(OCC)c(OCC)cc3CCN2C(=O)CNC2CCCCC2)cc1OCC. The van der Waals surface area contributed by atoms with Gasteiger partial charge in [-0.05, 0) is 94.3 Å². The van der Waals surface area contributed by atoms with Gasteiger partial charge in [-0.1, -0.05) is 25.3 Å². The Kier molecular flexibility index (Phi) is 10.8. The second kappa shape index (κ2) is 14.5. The fourth-order valence-electron chi connectivity index (χ4n) is 5.85. The van der Waals surface area contributed by atoms with Gasteiger partial charge in [-0.15, -0.1) is 0 Å². The summed E-state index contributed by atoms with van der Waals surface area (Å²) >= 11 is 0. The summed E-state index contributed by atoms with van der Waals surface area (Å²) in [6.45, 7) is 11.2. The van der Waals surface area contributed by atoms with Crippen molar-refractivity contribution in [2.75, 3.05) is 39.5 Å². The summed E-state index contributed by atoms with van der Waals surface area (Å²) in [5.41, 5.74) is 3.45. The van der Waals surface area contributed by atoms with Crippen LogP contribution in [-0.4, -0.2) is 56.4 Å². The Morgan fingerprint density at radius 2 is 1.44 bits per heavy atom. The smallest absolute Gasteiger partial charge is 0.237 e. The van der Waals surface area contributed by atoms with Gasteiger partial charge in [0, 0.05) is 12.6 Å². The summed E-state index contributed by atoms with van der Waals surface area (Å²) in [5, 5.41) is 3.56. The zero-order valence-electron chi connectivity index (χ0n) is 24.2. The van der Waals surface area contributed by atoms with Gasteiger partial charge in [0.1, 0.15) is 0 Å². The molecule has 0 unspecified atom stereocenters. The van der Waals surface area contributed by atoms with Gasteiger partial charge in [0.15, 0.2) is 23.0 Å². The maximum Gasteiger partial charge on any atom is 0.237 e. The van der Waals surface area contributed by atoms with E-state index < -0.39 is 0 Å². The Labute approximate surface area is 234 Å². The lowest BCUT2D eigenvalue weighted by Gasteiger charge is -2.38. The summed E-state index contributed by atoms with van der Waals surface area (Å²) < 4.78 is 23.6. The van der Waals surface area contributed by atoms with Crippen LogP contribution in [0.2, 0.25) is 0 Å². The van der Waals surface area contributed by atoms with Crippen LogP contribution in [-0.2, 0) is 17.6 Å². The zero-order valence-corrected chi connectivity index (χ0v) is 24.2. The molecule has 1 aliphatic carbocycles. The average molecular weight is 539 g/mol. The van der Waals surface area contributed by atoms with Crippen molar-refractivity contribution in [1.82, 2.24) is 10.2 Å². The number of rotatable bonds is 13. The first-order valence-electron chi connectivity index (χ1n) is 14.9. The van der Waals surface area contributed by atoms with Gasteiger partial charge in [-0.2, -0.15) is 0 Å². The van der Waals surface area contributed by atoms with E-state index in [1.54, 1.807) is 0 Å². The molecule has 1 N–H and O–H groups in total. The number of hydrogen-bond acceptors (Lipinski definition) is 6. The molecule has 1 fully saturated rings. The number of ether oxygens (including phenoxy) is 4. The summed E-state index contributed by atoms with van der Waals surface area (Å²) in [6, 6.07) is 10.7. The van der Waals surface area contributed by atoms with Crippen LogP contribution in [0.15, 0.2) is 30.3 Å². The molecule has 1 heterocycles. The van der Waals surface area contributed by atoms with Crippen molar-refractivity contribution in [2.45, 2.75) is 84.7 Å². The van der Waals surface area contributed by atoms with Gasteiger partial charge >= 0.3 is 0 Å². The lowest BCUT2D eigenvalue weighted by molar-refractivity contribution is -0.133. The third-order valence-electron chi connectivity index (χ3n) is 7.67. The normalized spacial score (nSPS) is 17.4. The van der Waals surface area contributed by atoms with Crippen LogP contribution < -0.4 is 24.3 Å². The van der Waals surface area contributed by atoms with Gasteiger partial charge in [-0.25, -0.2) is 0 Å². The Bertz CT molecular complexity index is 1080. The quantitative estimate of drug-likeness (QED) is 0.344. The predicted molar refractivity (Wildman–Crippen MR) is 154 cm³/mol. The first-order chi connectivity index (χ1) is 19.1. The molecule has 2 aromatic rings. The summed E-state index contributed by atoms with van der Waals surface area (Å²) in [5.74, 6) is 3.15. The van der Waals surface area contributed by atoms with Crippen LogP contribution in [0.5, 0.6) is 23.0 Å². The van der Waals surface area contributed by atoms with Crippen LogP contribution in [0.1, 0.15) is 82.5 Å². The van der Waals surface area contributed by atoms with Crippen LogP contribution in [0.4, 0.5) is 0 Å². The molecule has 0 radical (unpaired) electrons. The minimum atomic E-state index is -0.114. The highest BCUT2D eigenvalue weighted by Gasteiger charge is 2.33. The second-order valence-corrected chi connectivity index (χ2v) is 10.3. The molecular weight excluding hydrogens is 492 g/mol. The number of carbonyl (C=O) groups is 1. The molecule has 1 aliphatic heterocycles. The Balaban J connectivity index is 1.65. The monoisotopic (exact) mass is 538 g/mol. The topological polar surface area (TPSA) is 69.3 Å². The van der Waals surface area contributed by atoms with Gasteiger partial charge < -0.3 is 29.2 Å². The molecule has 214 valence electrons. The van der Waals surface area contributed by atoms with Gasteiger partial charge in [0.2, 0.25) is 5.91 Å². The van der Waals surface area contributed by atoms with Crippen molar-refractivity contribution in [3.05, 3.63) is 47.0 Å². The highest BCUT2D eigenvalue weighted by Crippen LogP contribution is 2.41. The number of hydrogen-bond donors (Lipinski definition) is 1. The molecule has 4 rings (SSSR count). The molecule has 0 bridgehead atoms. The standard InChI is InChI=1S/C32H46N2O5/c1-5-36-28-15-14-23(19-29(28)37-6-2)18-27-26-21-31(39-8-4)30(38-7-3)20-24(26)16-17-34(27)32(35)22-33-25-12-10-9-11-13-25/h14-15,19-21,25,27,33H,5-13,16-18,22H2,1-4H3/t27-/m0/s1. The van der Waals surface area contributed by atoms with E-state index in [1.165, 1.54) is 24.8 Å². The van der Waals surface area contributed by atoms with Crippen molar-refractivity contribution in [1.29, 1.82) is 0 Å². The number of nitrogens with zero attached hydrogens (tertiary/aromatic N) is 1. The molecule has 39 heavy (non-hydrogen) atoms. The second-order valence-electron chi connectivity index (χ2n) is 10.3. The number of nitrogens with one attached hydrogen (secondary N) is 1. The molecule has 0 spiro atoms. The van der Waals surface area contributed by atoms with E-state index in [2.05, 4.69) is 34.5 Å². The van der Waals surface area contributed by atoms with E-state index in [0.29, 0.717) is 52.0 Å². The third-order valence-corrected chi connectivity index (χ3v) is 7.67. The van der Waals surface area contributed by atoms with E-state index in [0.717, 1.165) is 53.4 Å². The molecule has 0 saturated heterocycles. The van der Waals surface area contributed by atoms with Crippen molar-refractivity contribution >= 4 is 5.91 Å². The molecule has 1 atom stereocenters. The van der Waals surface area contributed by atoms with E-state index in [-0.39, 0.29) is 11.9 Å². The minimum absolute atomic E-state index is 0.114. The van der Waals surface area contributed by atoms with E-state index in [9.17, 15) is 4.79 Å². The van der Waals surface area contributed by atoms with Gasteiger partial charge in [-0.3, -0.25) is 4.79 Å². The highest BCUT2D eigenvalue weighted by molar-refractivity contribution is 5.79. The lowest BCUT2D eigenvalue weighted by atomic mass is 9.88. The van der Waals surface area contributed by atoms with E-state index >= 15 is 0 Å². The Hall–Kier alpha value is -2.93. The zero-order chi connectivity index (χ0) is 27.6. The summed E-state index contributed by atoms with van der Waals surface area (Å²) in [4.78, 5) is 15.8. The molecule has 7 heteroatoms. The molecule has 1 amide bonds. The highest BCUT2D eigenvalue weighted by atomic mass is 16.5. The molecule has 2 aromatic carbocycles. The Morgan fingerprint density at radius 3 is 2.10 bits per heavy atom. The first kappa shape index (κ1) is 29.1. The van der Waals surface area contributed by atoms with Crippen LogP contribution in [0.3, 0.4) is 0 Å². The van der Waals surface area contributed by atoms with Crippen molar-refractivity contribution < 1.29 is 23.7 Å². The van der Waals surface area contributed by atoms with Gasteiger partial charge in [0.05, 0.1) is 39.0 Å². The molecular formula is C32H46N2O5. The van der Waals surface area contributed by atoms with Crippen molar-refractivity contribution in [2.24, 2.45) is 0 Å². The first-order valence-corrected chi connectivity index (χ1v) is 14.9. The Morgan fingerprint density at radius 1 is 0.821 bits per heavy atom. The maximum absolute atomic E-state index is 13.7. The maximum atomic E-state index is 13.7. The van der Waals surface area contributed by atoms with E-state index in [1.807, 2.05) is 33.8 Å². The third kappa shape index (κ3) is 7.38. The number of benzene rings is 2. The number of fused-ring (bicyclic) bond motifs is 1. The number of amides is 1. The summed E-state index contributed by atoms with van der Waals surface area (Å²) in [6.07, 6.45) is 7.57. The van der Waals surface area contributed by atoms with Crippen LogP contribution >= 0.6 is 0 Å². The van der Waals surface area contributed by atoms with Crippen molar-refractivity contribution in [3.8, 4) is 23.0 Å². The molecule has 2 aliphatic rings. The predicted octanol–water partition coefficient (Wildman–Crippen LogP) is 5.87. The van der Waals surface area contributed by atoms with E-state index in [4.69, 9.17) is 18.9 Å². The van der Waals surface area contributed by atoms with Crippen molar-refractivity contribution in [3.63, 3.8) is 0 Å². The van der Waals surface area contributed by atoms with Crippen LogP contribution in [0.25, 0.3) is 0 Å². The molecule has 0 aromatic heterocycles. The fourth-order valence-corrected chi connectivity index (χ4v) is 5.85. The molecule has 1 saturated carbocycles.